The SMILES string of the molecule is C/C(=C\CCC(C)C1CCC2C3C[C@H](O)C4C[C@H](O)CCC4(C)C3CCC12C)CF. The minimum Gasteiger partial charge on any atom is -0.393 e. The Kier molecular flexibility index (Phi) is 6.45. The number of alkyl halides is 1. The Balaban J connectivity index is 1.49. The molecule has 0 saturated heterocycles. The van der Waals surface area contributed by atoms with Gasteiger partial charge in [-0.2, -0.15) is 0 Å². The maximum Gasteiger partial charge on any atom is 0.110 e. The molecule has 172 valence electrons. The lowest BCUT2D eigenvalue weighted by atomic mass is 9.44. The van der Waals surface area contributed by atoms with Crippen LogP contribution < -0.4 is 0 Å². The van der Waals surface area contributed by atoms with Crippen molar-refractivity contribution in [3.05, 3.63) is 11.6 Å². The second kappa shape index (κ2) is 8.50. The maximum atomic E-state index is 12.8. The van der Waals surface area contributed by atoms with Crippen LogP contribution in [0.15, 0.2) is 11.6 Å². The molecule has 30 heavy (non-hydrogen) atoms. The van der Waals surface area contributed by atoms with Gasteiger partial charge in [0.05, 0.1) is 12.2 Å². The summed E-state index contributed by atoms with van der Waals surface area (Å²) in [6, 6.07) is 0. The summed E-state index contributed by atoms with van der Waals surface area (Å²) in [6.45, 7) is 9.01. The van der Waals surface area contributed by atoms with Crippen molar-refractivity contribution >= 4 is 0 Å². The van der Waals surface area contributed by atoms with E-state index in [-0.39, 0.29) is 30.2 Å². The van der Waals surface area contributed by atoms with Crippen molar-refractivity contribution in [3.63, 3.8) is 0 Å². The minimum atomic E-state index is -0.320. The minimum absolute atomic E-state index is 0.210. The Morgan fingerprint density at radius 1 is 1.00 bits per heavy atom. The predicted octanol–water partition coefficient (Wildman–Crippen LogP) is 6.31. The van der Waals surface area contributed by atoms with Gasteiger partial charge in [0.25, 0.3) is 0 Å². The highest BCUT2D eigenvalue weighted by atomic mass is 19.1. The Hall–Kier alpha value is -0.410. The van der Waals surface area contributed by atoms with E-state index in [9.17, 15) is 14.6 Å². The summed E-state index contributed by atoms with van der Waals surface area (Å²) < 4.78 is 12.8. The molecule has 4 saturated carbocycles. The predicted molar refractivity (Wildman–Crippen MR) is 121 cm³/mol. The lowest BCUT2D eigenvalue weighted by Gasteiger charge is -2.62. The third-order valence-corrected chi connectivity index (χ3v) is 10.7. The topological polar surface area (TPSA) is 40.5 Å². The van der Waals surface area contributed by atoms with Gasteiger partial charge in [0.2, 0.25) is 0 Å². The first-order valence-corrected chi connectivity index (χ1v) is 12.8. The average Bonchev–Trinajstić information content (AvgIpc) is 3.06. The van der Waals surface area contributed by atoms with Gasteiger partial charge in [0, 0.05) is 0 Å². The van der Waals surface area contributed by atoms with Crippen LogP contribution in [0.1, 0.15) is 91.9 Å². The monoisotopic (exact) mass is 420 g/mol. The van der Waals surface area contributed by atoms with Crippen LogP contribution in [0.3, 0.4) is 0 Å². The molecule has 0 heterocycles. The number of hydrogen-bond donors (Lipinski definition) is 2. The fourth-order valence-corrected chi connectivity index (χ4v) is 9.10. The molecule has 4 rings (SSSR count). The van der Waals surface area contributed by atoms with Crippen LogP contribution in [0.5, 0.6) is 0 Å². The van der Waals surface area contributed by atoms with Crippen LogP contribution in [0, 0.1) is 46.3 Å². The van der Waals surface area contributed by atoms with Crippen molar-refractivity contribution in [2.24, 2.45) is 46.3 Å². The summed E-state index contributed by atoms with van der Waals surface area (Å²) in [5.74, 6) is 3.85. The first-order valence-electron chi connectivity index (χ1n) is 12.8. The van der Waals surface area contributed by atoms with E-state index in [0.717, 1.165) is 55.4 Å². The van der Waals surface area contributed by atoms with Crippen molar-refractivity contribution in [3.8, 4) is 0 Å². The lowest BCUT2D eigenvalue weighted by molar-refractivity contribution is -0.172. The third kappa shape index (κ3) is 3.70. The molecule has 2 N–H and O–H groups in total. The molecule has 4 aliphatic carbocycles. The quantitative estimate of drug-likeness (QED) is 0.512. The normalized spacial score (nSPS) is 49.8. The number of allylic oxidation sites excluding steroid dienone is 2. The van der Waals surface area contributed by atoms with E-state index in [1.807, 2.05) is 6.92 Å². The molecular formula is C27H45FO2. The molecular weight excluding hydrogens is 375 g/mol. The molecule has 0 bridgehead atoms. The standard InChI is InChI=1S/C27H45FO2/c1-17(16-28)6-5-7-18(2)21-8-9-22-20-15-25(30)24-14-19(29)10-12-27(24,4)23(20)11-13-26(21,22)3/h6,18-25,29-30H,5,7-16H2,1-4H3/b17-6+/t18?,19-,20?,21?,22?,23?,24?,25+,26?,27?/m1/s1. The molecule has 0 radical (unpaired) electrons. The molecule has 0 spiro atoms. The zero-order valence-corrected chi connectivity index (χ0v) is 19.7. The van der Waals surface area contributed by atoms with E-state index in [4.69, 9.17) is 0 Å². The van der Waals surface area contributed by atoms with Gasteiger partial charge in [0.15, 0.2) is 0 Å². The second-order valence-electron chi connectivity index (χ2n) is 12.2. The summed E-state index contributed by atoms with van der Waals surface area (Å²) >= 11 is 0. The van der Waals surface area contributed by atoms with Gasteiger partial charge in [0.1, 0.15) is 6.67 Å². The van der Waals surface area contributed by atoms with Gasteiger partial charge >= 0.3 is 0 Å². The largest absolute Gasteiger partial charge is 0.393 e. The summed E-state index contributed by atoms with van der Waals surface area (Å²) in [7, 11) is 0. The van der Waals surface area contributed by atoms with Crippen LogP contribution in [-0.2, 0) is 0 Å². The first-order chi connectivity index (χ1) is 14.2. The zero-order chi connectivity index (χ0) is 21.7. The number of aliphatic hydroxyl groups excluding tert-OH is 2. The van der Waals surface area contributed by atoms with E-state index in [1.165, 1.54) is 32.1 Å². The van der Waals surface area contributed by atoms with Gasteiger partial charge in [-0.1, -0.05) is 26.8 Å². The Labute approximate surface area is 183 Å². The van der Waals surface area contributed by atoms with E-state index in [2.05, 4.69) is 26.8 Å². The molecule has 0 amide bonds. The number of rotatable bonds is 5. The molecule has 0 aliphatic heterocycles. The van der Waals surface area contributed by atoms with Gasteiger partial charge in [-0.15, -0.1) is 0 Å². The fraction of sp³-hybridized carbons (Fsp3) is 0.926. The van der Waals surface area contributed by atoms with Crippen molar-refractivity contribution in [1.29, 1.82) is 0 Å². The molecule has 2 nitrogen and oxygen atoms in total. The van der Waals surface area contributed by atoms with Crippen LogP contribution in [0.4, 0.5) is 4.39 Å². The molecule has 4 aliphatic rings. The highest BCUT2D eigenvalue weighted by Crippen LogP contribution is 2.68. The van der Waals surface area contributed by atoms with E-state index < -0.39 is 0 Å². The number of halogens is 1. The molecule has 10 atom stereocenters. The summed E-state index contributed by atoms with van der Waals surface area (Å²) in [4.78, 5) is 0. The van der Waals surface area contributed by atoms with E-state index in [0.29, 0.717) is 17.3 Å². The van der Waals surface area contributed by atoms with Crippen molar-refractivity contribution in [2.75, 3.05) is 6.67 Å². The van der Waals surface area contributed by atoms with Crippen molar-refractivity contribution in [1.82, 2.24) is 0 Å². The number of aliphatic hydroxyl groups is 2. The maximum absolute atomic E-state index is 12.8. The molecule has 8 unspecified atom stereocenters. The number of fused-ring (bicyclic) bond motifs is 5. The molecule has 4 fully saturated rings. The van der Waals surface area contributed by atoms with Crippen LogP contribution >= 0.6 is 0 Å². The van der Waals surface area contributed by atoms with Gasteiger partial charge < -0.3 is 10.2 Å². The first kappa shape index (κ1) is 22.8. The van der Waals surface area contributed by atoms with Crippen molar-refractivity contribution < 1.29 is 14.6 Å². The highest BCUT2D eigenvalue weighted by molar-refractivity contribution is 5.11. The van der Waals surface area contributed by atoms with Crippen molar-refractivity contribution in [2.45, 2.75) is 104 Å². The van der Waals surface area contributed by atoms with Gasteiger partial charge in [-0.3, -0.25) is 0 Å². The zero-order valence-electron chi connectivity index (χ0n) is 19.7. The summed E-state index contributed by atoms with van der Waals surface area (Å²) in [5, 5.41) is 21.4. The fourth-order valence-electron chi connectivity index (χ4n) is 9.10. The van der Waals surface area contributed by atoms with E-state index >= 15 is 0 Å². The Morgan fingerprint density at radius 2 is 1.70 bits per heavy atom. The average molecular weight is 421 g/mol. The summed E-state index contributed by atoms with van der Waals surface area (Å²) in [6.07, 6.45) is 12.8. The molecule has 3 heteroatoms. The Morgan fingerprint density at radius 3 is 2.43 bits per heavy atom. The second-order valence-corrected chi connectivity index (χ2v) is 12.2. The Bertz CT molecular complexity index is 647. The smallest absolute Gasteiger partial charge is 0.110 e. The van der Waals surface area contributed by atoms with Gasteiger partial charge in [-0.05, 0) is 123 Å². The molecule has 0 aromatic carbocycles. The van der Waals surface area contributed by atoms with Gasteiger partial charge in [-0.25, -0.2) is 4.39 Å². The van der Waals surface area contributed by atoms with E-state index in [1.54, 1.807) is 0 Å². The number of hydrogen-bond acceptors (Lipinski definition) is 2. The van der Waals surface area contributed by atoms with Crippen LogP contribution in [0.25, 0.3) is 0 Å². The third-order valence-electron chi connectivity index (χ3n) is 10.7. The molecule has 0 aromatic heterocycles. The molecule has 0 aromatic rings. The lowest BCUT2D eigenvalue weighted by Crippen LogP contribution is -2.58. The highest BCUT2D eigenvalue weighted by Gasteiger charge is 2.62. The summed E-state index contributed by atoms with van der Waals surface area (Å²) in [5.41, 5.74) is 1.48. The van der Waals surface area contributed by atoms with Crippen LogP contribution in [0.2, 0.25) is 0 Å². The van der Waals surface area contributed by atoms with Crippen LogP contribution in [-0.4, -0.2) is 29.1 Å².